The first-order valence-electron chi connectivity index (χ1n) is 11.4. The summed E-state index contributed by atoms with van der Waals surface area (Å²) in [5.74, 6) is -1.96. The highest BCUT2D eigenvalue weighted by Crippen LogP contribution is 2.34. The van der Waals surface area contributed by atoms with E-state index in [2.05, 4.69) is 9.97 Å². The van der Waals surface area contributed by atoms with Gasteiger partial charge in [0.1, 0.15) is 6.04 Å². The average molecular weight is 532 g/mol. The number of rotatable bonds is 8. The fourth-order valence-electron chi connectivity index (χ4n) is 3.90. The van der Waals surface area contributed by atoms with Crippen LogP contribution in [0.1, 0.15) is 38.8 Å². The van der Waals surface area contributed by atoms with Crippen LogP contribution in [-0.4, -0.2) is 57.3 Å². The lowest BCUT2D eigenvalue weighted by Crippen LogP contribution is -2.52. The lowest BCUT2D eigenvalue weighted by atomic mass is 10.0. The number of ether oxygens (including phenoxy) is 1. The van der Waals surface area contributed by atoms with Crippen molar-refractivity contribution in [1.29, 1.82) is 0 Å². The molecule has 3 atom stereocenters. The van der Waals surface area contributed by atoms with Crippen molar-refractivity contribution < 1.29 is 35.9 Å². The molecule has 7 nitrogen and oxygen atoms in total. The Morgan fingerprint density at radius 3 is 2.46 bits per heavy atom. The molecule has 3 rings (SSSR count). The van der Waals surface area contributed by atoms with Gasteiger partial charge in [0, 0.05) is 30.7 Å². The molecule has 0 saturated carbocycles. The first-order valence-corrected chi connectivity index (χ1v) is 11.4. The number of imidazole rings is 1. The van der Waals surface area contributed by atoms with E-state index < -0.39 is 42.8 Å². The lowest BCUT2D eigenvalue weighted by molar-refractivity contribution is -0.193. The highest BCUT2D eigenvalue weighted by Gasteiger charge is 2.47. The molecule has 0 fully saturated rings. The van der Waals surface area contributed by atoms with Gasteiger partial charge >= 0.3 is 18.4 Å². The van der Waals surface area contributed by atoms with E-state index >= 15 is 0 Å². The maximum absolute atomic E-state index is 13.5. The zero-order chi connectivity index (χ0) is 27.5. The molecule has 202 valence electrons. The molecule has 0 bridgehead atoms. The Kier molecular flexibility index (Phi) is 8.23. The zero-order valence-electron chi connectivity index (χ0n) is 20.6. The molecule has 0 saturated heterocycles. The molecule has 0 aliphatic carbocycles. The number of carbonyl (C=O) groups is 1. The van der Waals surface area contributed by atoms with Crippen molar-refractivity contribution in [3.8, 4) is 17.1 Å². The normalized spacial score (nSPS) is 14.8. The number of amides is 2. The molecule has 1 aromatic carbocycles. The molecule has 0 spiro atoms. The van der Waals surface area contributed by atoms with Crippen LogP contribution < -0.4 is 10.1 Å². The summed E-state index contributed by atoms with van der Waals surface area (Å²) in [7, 11) is 1.46. The van der Waals surface area contributed by atoms with Crippen molar-refractivity contribution in [3.05, 3.63) is 48.4 Å². The molecule has 3 aromatic rings. The van der Waals surface area contributed by atoms with Gasteiger partial charge in [-0.15, -0.1) is 0 Å². The molecule has 1 N–H and O–H groups in total. The first kappa shape index (κ1) is 28.1. The minimum Gasteiger partial charge on any atom is -0.478 e. The first-order chi connectivity index (χ1) is 17.3. The number of hydrogen-bond donors (Lipinski definition) is 1. The molecule has 13 heteroatoms. The minimum atomic E-state index is -5.05. The molecule has 0 radical (unpaired) electrons. The Labute approximate surface area is 209 Å². The number of alkyl halides is 6. The number of halogens is 6. The molecule has 37 heavy (non-hydrogen) atoms. The maximum Gasteiger partial charge on any atom is 0.408 e. The second kappa shape index (κ2) is 10.9. The fraction of sp³-hybridized carbons (Fsp3) is 0.458. The zero-order valence-corrected chi connectivity index (χ0v) is 20.6. The van der Waals surface area contributed by atoms with Gasteiger partial charge in [0.2, 0.25) is 0 Å². The molecule has 0 aliphatic heterocycles. The number of aromatic nitrogens is 3. The van der Waals surface area contributed by atoms with E-state index in [1.165, 1.54) is 7.11 Å². The van der Waals surface area contributed by atoms with E-state index in [1.54, 1.807) is 66.4 Å². The van der Waals surface area contributed by atoms with Gasteiger partial charge in [-0.05, 0) is 31.9 Å². The van der Waals surface area contributed by atoms with Crippen LogP contribution in [-0.2, 0) is 0 Å². The summed E-state index contributed by atoms with van der Waals surface area (Å²) in [6.07, 6.45) is -6.14. The number of benzene rings is 1. The van der Waals surface area contributed by atoms with Gasteiger partial charge in [0.15, 0.2) is 5.65 Å². The molecular formula is C24H27F6N5O2. The summed E-state index contributed by atoms with van der Waals surface area (Å²) in [6, 6.07) is 2.46. The Morgan fingerprint density at radius 2 is 1.86 bits per heavy atom. The van der Waals surface area contributed by atoms with Crippen LogP contribution in [0.4, 0.5) is 31.1 Å². The van der Waals surface area contributed by atoms with Crippen LogP contribution in [0.2, 0.25) is 0 Å². The second-order valence-corrected chi connectivity index (χ2v) is 8.60. The van der Waals surface area contributed by atoms with E-state index in [0.717, 1.165) is 4.90 Å². The Hall–Kier alpha value is -3.51. The van der Waals surface area contributed by atoms with E-state index in [-0.39, 0.29) is 6.54 Å². The quantitative estimate of drug-likeness (QED) is 0.361. The van der Waals surface area contributed by atoms with Crippen molar-refractivity contribution in [2.45, 2.75) is 51.6 Å². The number of methoxy groups -OCH3 is 1. The summed E-state index contributed by atoms with van der Waals surface area (Å²) in [5.41, 5.74) is 2.29. The predicted octanol–water partition coefficient (Wildman–Crippen LogP) is 6.02. The summed E-state index contributed by atoms with van der Waals surface area (Å²) < 4.78 is 86.2. The Balaban J connectivity index is 1.85. The van der Waals surface area contributed by atoms with Gasteiger partial charge in [0.05, 0.1) is 24.8 Å². The van der Waals surface area contributed by atoms with Crippen molar-refractivity contribution >= 4 is 11.7 Å². The highest BCUT2D eigenvalue weighted by molar-refractivity contribution is 5.75. The van der Waals surface area contributed by atoms with Crippen molar-refractivity contribution in [2.75, 3.05) is 13.7 Å². The van der Waals surface area contributed by atoms with E-state index in [9.17, 15) is 31.1 Å². The Bertz CT molecular complexity index is 1230. The smallest absolute Gasteiger partial charge is 0.408 e. The maximum atomic E-state index is 13.5. The molecule has 2 unspecified atom stereocenters. The van der Waals surface area contributed by atoms with E-state index in [1.807, 2.05) is 0 Å². The van der Waals surface area contributed by atoms with Gasteiger partial charge in [0.25, 0.3) is 5.88 Å². The number of hydrogen-bond acceptors (Lipinski definition) is 4. The lowest BCUT2D eigenvalue weighted by Gasteiger charge is -2.32. The molecule has 0 aliphatic rings. The van der Waals surface area contributed by atoms with Gasteiger partial charge in [-0.1, -0.05) is 25.1 Å². The topological polar surface area (TPSA) is 71.8 Å². The number of urea groups is 1. The summed E-state index contributed by atoms with van der Waals surface area (Å²) in [4.78, 5) is 22.6. The fourth-order valence-corrected chi connectivity index (χ4v) is 3.90. The van der Waals surface area contributed by atoms with Crippen LogP contribution in [0, 0.1) is 5.92 Å². The summed E-state index contributed by atoms with van der Waals surface area (Å²) >= 11 is 0. The van der Waals surface area contributed by atoms with Crippen LogP contribution in [0.15, 0.2) is 42.9 Å². The molecule has 2 aromatic heterocycles. The van der Waals surface area contributed by atoms with Gasteiger partial charge in [-0.2, -0.15) is 26.3 Å². The molecular weight excluding hydrogens is 504 g/mol. The van der Waals surface area contributed by atoms with Gasteiger partial charge in [-0.3, -0.25) is 0 Å². The second-order valence-electron chi connectivity index (χ2n) is 8.60. The predicted molar refractivity (Wildman–Crippen MR) is 124 cm³/mol. The van der Waals surface area contributed by atoms with Crippen LogP contribution >= 0.6 is 0 Å². The summed E-state index contributed by atoms with van der Waals surface area (Å²) in [6.45, 7) is 3.86. The number of nitrogens with zero attached hydrogens (tertiary/aromatic N) is 4. The minimum absolute atomic E-state index is 0.0176. The molecule has 2 amide bonds. The van der Waals surface area contributed by atoms with E-state index in [0.29, 0.717) is 35.3 Å². The average Bonchev–Trinajstić information content (AvgIpc) is 3.31. The van der Waals surface area contributed by atoms with E-state index in [4.69, 9.17) is 4.74 Å². The standard InChI is InChI=1S/C24H27F6N5O2/c1-5-35(22(36)33-19(24(28,29)30)11-14(2)23(25,26)27)15(3)16-7-6-8-17(12-16)18-13-34-10-9-31-20(34)21(32-18)37-4/h6-10,12-15,19H,5,11H2,1-4H3,(H,33,36)/t14?,15-,19?/m1/s1. The van der Waals surface area contributed by atoms with Gasteiger partial charge in [-0.25, -0.2) is 14.8 Å². The number of fused-ring (bicyclic) bond motifs is 1. The third-order valence-electron chi connectivity index (χ3n) is 6.11. The third-order valence-corrected chi connectivity index (χ3v) is 6.11. The largest absolute Gasteiger partial charge is 0.478 e. The SMILES string of the molecule is CCN(C(=O)NC(CC(C)C(F)(F)F)C(F)(F)F)[C@H](C)c1cccc(-c2cn3ccnc3c(OC)n2)c1. The summed E-state index contributed by atoms with van der Waals surface area (Å²) in [5, 5.41) is 1.76. The monoisotopic (exact) mass is 531 g/mol. The van der Waals surface area contributed by atoms with Crippen molar-refractivity contribution in [1.82, 2.24) is 24.6 Å². The molecule has 2 heterocycles. The third kappa shape index (κ3) is 6.44. The van der Waals surface area contributed by atoms with Crippen LogP contribution in [0.3, 0.4) is 0 Å². The van der Waals surface area contributed by atoms with Crippen molar-refractivity contribution in [2.24, 2.45) is 5.92 Å². The Morgan fingerprint density at radius 1 is 1.16 bits per heavy atom. The van der Waals surface area contributed by atoms with Crippen molar-refractivity contribution in [3.63, 3.8) is 0 Å². The highest BCUT2D eigenvalue weighted by atomic mass is 19.4. The number of nitrogens with one attached hydrogen (secondary N) is 1. The number of carbonyl (C=O) groups excluding carboxylic acids is 1. The van der Waals surface area contributed by atoms with Crippen LogP contribution in [0.25, 0.3) is 16.9 Å². The van der Waals surface area contributed by atoms with Gasteiger partial charge < -0.3 is 19.4 Å². The van der Waals surface area contributed by atoms with Crippen LogP contribution in [0.5, 0.6) is 5.88 Å².